The van der Waals surface area contributed by atoms with Gasteiger partial charge in [0.15, 0.2) is 0 Å². The fourth-order valence-electron chi connectivity index (χ4n) is 0.00756. The molecule has 0 spiro atoms. The van der Waals surface area contributed by atoms with Crippen LogP contribution in [0.3, 0.4) is 0 Å². The Labute approximate surface area is 73.9 Å². The fraction of sp³-hybridized carbons (Fsp3) is 0. The standard InChI is InChI=1S/2Co.6H2O.3O/h;;6*1H2;;;. The first-order valence-electron chi connectivity index (χ1n) is 0.544. The summed E-state index contributed by atoms with van der Waals surface area (Å²) in [6.45, 7) is 0. The first kappa shape index (κ1) is 64.4. The summed E-state index contributed by atoms with van der Waals surface area (Å²) >= 11 is -1.05. The zero-order valence-electron chi connectivity index (χ0n) is 4.89. The van der Waals surface area contributed by atoms with Gasteiger partial charge in [-0.3, -0.25) is 0 Å². The topological polar surface area (TPSA) is 232 Å². The van der Waals surface area contributed by atoms with Crippen molar-refractivity contribution in [3.8, 4) is 0 Å². The van der Waals surface area contributed by atoms with E-state index in [1.807, 2.05) is 0 Å². The molecule has 0 atom stereocenters. The molecule has 12 N–H and O–H groups in total. The van der Waals surface area contributed by atoms with Crippen LogP contribution in [0.25, 0.3) is 0 Å². The van der Waals surface area contributed by atoms with Crippen molar-refractivity contribution in [3.63, 3.8) is 0 Å². The van der Waals surface area contributed by atoms with Crippen molar-refractivity contribution in [1.82, 2.24) is 0 Å². The van der Waals surface area contributed by atoms with Gasteiger partial charge in [-0.05, 0) is 0 Å². The second-order valence-corrected chi connectivity index (χ2v) is 1.23. The van der Waals surface area contributed by atoms with Crippen LogP contribution in [-0.4, -0.2) is 32.9 Å². The van der Waals surface area contributed by atoms with Crippen molar-refractivity contribution in [2.24, 2.45) is 0 Å². The van der Waals surface area contributed by atoms with Gasteiger partial charge >= 0.3 is 40.6 Å². The van der Waals surface area contributed by atoms with E-state index in [1.165, 1.54) is 0 Å². The number of hydrogen-bond acceptors (Lipinski definition) is 3. The van der Waals surface area contributed by atoms with Crippen LogP contribution in [0, 0.1) is 0 Å². The van der Waals surface area contributed by atoms with Gasteiger partial charge in [-0.25, -0.2) is 0 Å². The molecule has 0 aromatic carbocycles. The summed E-state index contributed by atoms with van der Waals surface area (Å²) in [5.74, 6) is 0. The Bertz CT molecular complexity index is 36.8. The average Bonchev–Trinajstić information content (AvgIpc) is 1.41. The van der Waals surface area contributed by atoms with Crippen LogP contribution >= 0.6 is 0 Å². The second-order valence-electron chi connectivity index (χ2n) is 0.156. The summed E-state index contributed by atoms with van der Waals surface area (Å²) in [5, 5.41) is 0. The van der Waals surface area contributed by atoms with E-state index < -0.39 is 29.9 Å². The summed E-state index contributed by atoms with van der Waals surface area (Å²) in [6.07, 6.45) is 0. The molecular weight excluding hydrogens is 262 g/mol. The molecule has 0 saturated heterocycles. The molecule has 0 aliphatic heterocycles. The van der Waals surface area contributed by atoms with Gasteiger partial charge in [-0.2, -0.15) is 0 Å². The molecule has 9 nitrogen and oxygen atoms in total. The molecule has 0 unspecified atom stereocenters. The van der Waals surface area contributed by atoms with Gasteiger partial charge in [-0.15, -0.1) is 0 Å². The molecule has 0 amide bonds. The monoisotopic (exact) mass is 274 g/mol. The summed E-state index contributed by atoms with van der Waals surface area (Å²) in [6, 6.07) is 0. The molecule has 0 aliphatic rings. The minimum absolute atomic E-state index is 0. The molecule has 0 radical (unpaired) electrons. The summed E-state index contributed by atoms with van der Waals surface area (Å²) in [4.78, 5) is 0. The molecule has 0 saturated carbocycles. The van der Waals surface area contributed by atoms with Gasteiger partial charge in [0, 0.05) is 0 Å². The van der Waals surface area contributed by atoms with Crippen LogP contribution in [0.1, 0.15) is 0 Å². The first-order chi connectivity index (χ1) is 2.41. The average molecular weight is 274 g/mol. The van der Waals surface area contributed by atoms with Crippen LogP contribution in [0.2, 0.25) is 0 Å². The molecule has 0 aromatic heterocycles. The van der Waals surface area contributed by atoms with Gasteiger partial charge < -0.3 is 32.9 Å². The van der Waals surface area contributed by atoms with E-state index >= 15 is 0 Å². The van der Waals surface area contributed by atoms with Crippen LogP contribution in [0.4, 0.5) is 0 Å². The third-order valence-corrected chi connectivity index (χ3v) is 0.630. The molecule has 0 bridgehead atoms. The summed E-state index contributed by atoms with van der Waals surface area (Å²) in [7, 11) is 0. The molecule has 0 rings (SSSR count). The Hall–Kier alpha value is 0.333. The maximum absolute atomic E-state index is 9.07. The molecular formula is H12Co2O9. The SMILES string of the molecule is O.O.O.O.O.O.[O]=[Co][O][Co]=[O]. The number of hydrogen-bond donors (Lipinski definition) is 0. The predicted octanol–water partition coefficient (Wildman–Crippen LogP) is -5.26. The van der Waals surface area contributed by atoms with Crippen LogP contribution in [-0.2, 0) is 40.6 Å². The van der Waals surface area contributed by atoms with Gasteiger partial charge in [0.1, 0.15) is 0 Å². The quantitative estimate of drug-likeness (QED) is 0.480. The van der Waals surface area contributed by atoms with Crippen LogP contribution in [0.5, 0.6) is 0 Å². The molecule has 0 aromatic rings. The predicted molar refractivity (Wildman–Crippen MR) is 24.1 cm³/mol. The van der Waals surface area contributed by atoms with E-state index in [2.05, 4.69) is 2.96 Å². The fourth-order valence-corrected chi connectivity index (χ4v) is 0.129. The Balaban J connectivity index is -0.00000000533. The zero-order chi connectivity index (χ0) is 4.12. The second kappa shape index (κ2) is 81.0. The van der Waals surface area contributed by atoms with Crippen molar-refractivity contribution in [3.05, 3.63) is 0 Å². The molecule has 0 aliphatic carbocycles. The zero-order valence-corrected chi connectivity index (χ0v) is 6.97. The Morgan fingerprint density at radius 1 is 0.636 bits per heavy atom. The van der Waals surface area contributed by atoms with Gasteiger partial charge in [0.05, 0.1) is 0 Å². The van der Waals surface area contributed by atoms with Crippen molar-refractivity contribution < 1.29 is 73.5 Å². The van der Waals surface area contributed by atoms with E-state index in [0.29, 0.717) is 0 Å². The van der Waals surface area contributed by atoms with Crippen molar-refractivity contribution in [1.29, 1.82) is 0 Å². The van der Waals surface area contributed by atoms with E-state index in [9.17, 15) is 0 Å². The molecule has 0 fully saturated rings. The Morgan fingerprint density at radius 3 is 0.818 bits per heavy atom. The van der Waals surface area contributed by atoms with Crippen molar-refractivity contribution >= 4 is 0 Å². The summed E-state index contributed by atoms with van der Waals surface area (Å²) in [5.41, 5.74) is 0. The third-order valence-electron chi connectivity index (χ3n) is 0.0370. The van der Waals surface area contributed by atoms with E-state index in [-0.39, 0.29) is 32.9 Å². The first-order valence-corrected chi connectivity index (χ1v) is 2.24. The van der Waals surface area contributed by atoms with Gasteiger partial charge in [0.2, 0.25) is 0 Å². The van der Waals surface area contributed by atoms with E-state index in [4.69, 9.17) is 7.73 Å². The van der Waals surface area contributed by atoms with E-state index in [1.54, 1.807) is 0 Å². The van der Waals surface area contributed by atoms with Crippen LogP contribution < -0.4 is 0 Å². The van der Waals surface area contributed by atoms with Crippen LogP contribution in [0.15, 0.2) is 0 Å². The molecule has 0 heterocycles. The van der Waals surface area contributed by atoms with Crippen molar-refractivity contribution in [2.75, 3.05) is 0 Å². The number of rotatable bonds is 2. The third kappa shape index (κ3) is 132. The molecule has 11 heteroatoms. The van der Waals surface area contributed by atoms with Gasteiger partial charge in [0.25, 0.3) is 0 Å². The summed E-state index contributed by atoms with van der Waals surface area (Å²) < 4.78 is 21.8. The minimum atomic E-state index is -0.523. The van der Waals surface area contributed by atoms with Gasteiger partial charge in [-0.1, -0.05) is 0 Å². The molecule has 84 valence electrons. The Kier molecular flexibility index (Phi) is 475. The maximum atomic E-state index is 9.07. The molecule has 11 heavy (non-hydrogen) atoms. The Morgan fingerprint density at radius 2 is 0.818 bits per heavy atom. The normalized spacial score (nSPS) is 4.36. The van der Waals surface area contributed by atoms with Crippen molar-refractivity contribution in [2.45, 2.75) is 0 Å². The van der Waals surface area contributed by atoms with E-state index in [0.717, 1.165) is 0 Å².